The van der Waals surface area contributed by atoms with Crippen molar-refractivity contribution in [1.29, 1.82) is 0 Å². The Balaban J connectivity index is 1.71. The third kappa shape index (κ3) is 3.42. The van der Waals surface area contributed by atoms with Crippen LogP contribution in [0.5, 0.6) is 0 Å². The van der Waals surface area contributed by atoms with Crippen LogP contribution in [0.25, 0.3) is 0 Å². The van der Waals surface area contributed by atoms with Crippen LogP contribution in [0.1, 0.15) is 57.8 Å². The summed E-state index contributed by atoms with van der Waals surface area (Å²) in [5.74, 6) is -0.00815. The van der Waals surface area contributed by atoms with Gasteiger partial charge in [-0.2, -0.15) is 0 Å². The Morgan fingerprint density at radius 1 is 1.12 bits per heavy atom. The van der Waals surface area contributed by atoms with E-state index in [0.29, 0.717) is 13.0 Å². The fourth-order valence-corrected chi connectivity index (χ4v) is 2.84. The molecule has 4 heteroatoms. The van der Waals surface area contributed by atoms with Crippen LogP contribution in [0.15, 0.2) is 0 Å². The number of carbonyl (C=O) groups excluding carboxylic acids is 1. The molecule has 2 rings (SSSR count). The number of nitrogens with one attached hydrogen (secondary N) is 1. The van der Waals surface area contributed by atoms with E-state index in [1.54, 1.807) is 0 Å². The zero-order chi connectivity index (χ0) is 12.4. The molecule has 0 unspecified atom stereocenters. The van der Waals surface area contributed by atoms with Crippen LogP contribution in [-0.2, 0) is 4.79 Å². The third-order valence-corrected chi connectivity index (χ3v) is 4.26. The fraction of sp³-hybridized carbons (Fsp3) is 0.923. The fourth-order valence-electron chi connectivity index (χ4n) is 2.84. The standard InChI is InChI=1S/C13H24N2O2/c14-12(5-4-6-12)9-11(16)15-10-13(17)7-2-1-3-8-13/h17H,1-10,14H2,(H,15,16). The van der Waals surface area contributed by atoms with Gasteiger partial charge in [0.1, 0.15) is 0 Å². The average Bonchev–Trinajstić information content (AvgIpc) is 2.26. The molecule has 0 aliphatic heterocycles. The first kappa shape index (κ1) is 12.8. The van der Waals surface area contributed by atoms with Crippen LogP contribution in [0.4, 0.5) is 0 Å². The maximum atomic E-state index is 11.7. The summed E-state index contributed by atoms with van der Waals surface area (Å²) in [4.78, 5) is 11.7. The van der Waals surface area contributed by atoms with E-state index in [1.165, 1.54) is 6.42 Å². The number of hydrogen-bond acceptors (Lipinski definition) is 3. The van der Waals surface area contributed by atoms with Gasteiger partial charge >= 0.3 is 0 Å². The molecule has 0 atom stereocenters. The zero-order valence-corrected chi connectivity index (χ0v) is 10.5. The summed E-state index contributed by atoms with van der Waals surface area (Å²) in [5.41, 5.74) is 5.09. The maximum Gasteiger partial charge on any atom is 0.221 e. The minimum Gasteiger partial charge on any atom is -0.388 e. The first-order chi connectivity index (χ1) is 8.02. The highest BCUT2D eigenvalue weighted by atomic mass is 16.3. The number of nitrogens with two attached hydrogens (primary N) is 1. The van der Waals surface area contributed by atoms with Gasteiger partial charge in [-0.05, 0) is 32.1 Å². The lowest BCUT2D eigenvalue weighted by Crippen LogP contribution is -2.51. The molecular weight excluding hydrogens is 216 g/mol. The molecule has 0 heterocycles. The molecule has 4 N–H and O–H groups in total. The summed E-state index contributed by atoms with van der Waals surface area (Å²) < 4.78 is 0. The van der Waals surface area contributed by atoms with Gasteiger partial charge in [0.05, 0.1) is 5.60 Å². The molecule has 2 aliphatic rings. The maximum absolute atomic E-state index is 11.7. The topological polar surface area (TPSA) is 75.4 Å². The molecule has 2 aliphatic carbocycles. The highest BCUT2D eigenvalue weighted by Crippen LogP contribution is 2.32. The molecule has 2 saturated carbocycles. The van der Waals surface area contributed by atoms with Crippen LogP contribution in [0.2, 0.25) is 0 Å². The summed E-state index contributed by atoms with van der Waals surface area (Å²) in [6, 6.07) is 0. The number of hydrogen-bond donors (Lipinski definition) is 3. The van der Waals surface area contributed by atoms with Crippen molar-refractivity contribution in [3.63, 3.8) is 0 Å². The zero-order valence-electron chi connectivity index (χ0n) is 10.5. The normalized spacial score (nSPS) is 26.0. The molecule has 0 aromatic heterocycles. The lowest BCUT2D eigenvalue weighted by molar-refractivity contribution is -0.124. The van der Waals surface area contributed by atoms with Gasteiger partial charge in [0.25, 0.3) is 0 Å². The number of amides is 1. The molecule has 98 valence electrons. The van der Waals surface area contributed by atoms with Crippen LogP contribution in [-0.4, -0.2) is 28.7 Å². The highest BCUT2D eigenvalue weighted by molar-refractivity contribution is 5.77. The van der Waals surface area contributed by atoms with Gasteiger partial charge < -0.3 is 16.2 Å². The van der Waals surface area contributed by atoms with E-state index in [1.807, 2.05) is 0 Å². The Labute approximate surface area is 103 Å². The molecule has 0 saturated heterocycles. The lowest BCUT2D eigenvalue weighted by Gasteiger charge is -2.38. The Kier molecular flexibility index (Phi) is 3.73. The molecular formula is C13H24N2O2. The second kappa shape index (κ2) is 4.94. The summed E-state index contributed by atoms with van der Waals surface area (Å²) in [6.07, 6.45) is 8.37. The summed E-state index contributed by atoms with van der Waals surface area (Å²) in [6.45, 7) is 0.391. The molecule has 0 radical (unpaired) electrons. The van der Waals surface area contributed by atoms with Crippen molar-refractivity contribution in [2.75, 3.05) is 6.54 Å². The molecule has 17 heavy (non-hydrogen) atoms. The monoisotopic (exact) mass is 240 g/mol. The van der Waals surface area contributed by atoms with Gasteiger partial charge in [0.15, 0.2) is 0 Å². The molecule has 4 nitrogen and oxygen atoms in total. The Hall–Kier alpha value is -0.610. The van der Waals surface area contributed by atoms with Crippen LogP contribution >= 0.6 is 0 Å². The van der Waals surface area contributed by atoms with Gasteiger partial charge in [-0.3, -0.25) is 4.79 Å². The summed E-state index contributed by atoms with van der Waals surface area (Å²) in [7, 11) is 0. The van der Waals surface area contributed by atoms with E-state index in [2.05, 4.69) is 5.32 Å². The predicted octanol–water partition coefficient (Wildman–Crippen LogP) is 1.07. The van der Waals surface area contributed by atoms with Crippen molar-refractivity contribution in [2.45, 2.75) is 68.9 Å². The Morgan fingerprint density at radius 2 is 1.76 bits per heavy atom. The highest BCUT2D eigenvalue weighted by Gasteiger charge is 2.35. The number of carbonyl (C=O) groups is 1. The quantitative estimate of drug-likeness (QED) is 0.688. The van der Waals surface area contributed by atoms with Crippen LogP contribution in [0, 0.1) is 0 Å². The molecule has 0 aromatic carbocycles. The number of rotatable bonds is 4. The van der Waals surface area contributed by atoms with Gasteiger partial charge in [0.2, 0.25) is 5.91 Å². The molecule has 0 spiro atoms. The van der Waals surface area contributed by atoms with E-state index >= 15 is 0 Å². The second-order valence-corrected chi connectivity index (χ2v) is 5.95. The Bertz CT molecular complexity index is 281. The van der Waals surface area contributed by atoms with Crippen molar-refractivity contribution in [1.82, 2.24) is 5.32 Å². The summed E-state index contributed by atoms with van der Waals surface area (Å²) >= 11 is 0. The minimum atomic E-state index is -0.671. The van der Waals surface area contributed by atoms with E-state index < -0.39 is 5.60 Å². The minimum absolute atomic E-state index is 0.00815. The molecule has 0 aromatic rings. The van der Waals surface area contributed by atoms with E-state index in [-0.39, 0.29) is 11.4 Å². The smallest absolute Gasteiger partial charge is 0.221 e. The van der Waals surface area contributed by atoms with Gasteiger partial charge in [-0.25, -0.2) is 0 Å². The van der Waals surface area contributed by atoms with Gasteiger partial charge in [0, 0.05) is 18.5 Å². The second-order valence-electron chi connectivity index (χ2n) is 5.95. The van der Waals surface area contributed by atoms with Gasteiger partial charge in [-0.15, -0.1) is 0 Å². The lowest BCUT2D eigenvalue weighted by atomic mass is 9.75. The third-order valence-electron chi connectivity index (χ3n) is 4.26. The largest absolute Gasteiger partial charge is 0.388 e. The van der Waals surface area contributed by atoms with Crippen molar-refractivity contribution < 1.29 is 9.90 Å². The first-order valence-corrected chi connectivity index (χ1v) is 6.79. The van der Waals surface area contributed by atoms with Crippen molar-refractivity contribution >= 4 is 5.91 Å². The van der Waals surface area contributed by atoms with Crippen LogP contribution < -0.4 is 11.1 Å². The first-order valence-electron chi connectivity index (χ1n) is 6.79. The predicted molar refractivity (Wildman–Crippen MR) is 66.4 cm³/mol. The van der Waals surface area contributed by atoms with E-state index in [0.717, 1.165) is 44.9 Å². The number of aliphatic hydroxyl groups is 1. The molecule has 1 amide bonds. The van der Waals surface area contributed by atoms with Crippen molar-refractivity contribution in [2.24, 2.45) is 5.73 Å². The SMILES string of the molecule is NC1(CC(=O)NCC2(O)CCCCC2)CCC1. The molecule has 0 bridgehead atoms. The van der Waals surface area contributed by atoms with Crippen molar-refractivity contribution in [3.05, 3.63) is 0 Å². The average molecular weight is 240 g/mol. The van der Waals surface area contributed by atoms with Gasteiger partial charge in [-0.1, -0.05) is 19.3 Å². The summed E-state index contributed by atoms with van der Waals surface area (Å²) in [5, 5.41) is 13.1. The van der Waals surface area contributed by atoms with E-state index in [9.17, 15) is 9.90 Å². The van der Waals surface area contributed by atoms with Crippen molar-refractivity contribution in [3.8, 4) is 0 Å². The van der Waals surface area contributed by atoms with Crippen LogP contribution in [0.3, 0.4) is 0 Å². The Morgan fingerprint density at radius 3 is 2.29 bits per heavy atom. The molecule has 2 fully saturated rings. The van der Waals surface area contributed by atoms with E-state index in [4.69, 9.17) is 5.73 Å².